The van der Waals surface area contributed by atoms with Crippen molar-refractivity contribution in [3.63, 3.8) is 0 Å². The van der Waals surface area contributed by atoms with E-state index in [4.69, 9.17) is 0 Å². The van der Waals surface area contributed by atoms with Crippen LogP contribution in [-0.2, 0) is 0 Å². The minimum atomic E-state index is 0.883. The van der Waals surface area contributed by atoms with Crippen LogP contribution in [0.2, 0.25) is 0 Å². The number of hydrogen-bond donors (Lipinski definition) is 0. The standard InChI is InChI=1S/C5H10S3/c1-6-5-4-7-2-3-8-5/h5H,2-4H2,1H3. The maximum absolute atomic E-state index is 2.20. The van der Waals surface area contributed by atoms with E-state index in [-0.39, 0.29) is 0 Å². The van der Waals surface area contributed by atoms with Crippen molar-refractivity contribution < 1.29 is 0 Å². The fraction of sp³-hybridized carbons (Fsp3) is 1.00. The van der Waals surface area contributed by atoms with Gasteiger partial charge in [0.2, 0.25) is 0 Å². The Balaban J connectivity index is 2.13. The summed E-state index contributed by atoms with van der Waals surface area (Å²) >= 11 is 6.18. The number of hydrogen-bond acceptors (Lipinski definition) is 3. The van der Waals surface area contributed by atoms with E-state index in [9.17, 15) is 0 Å². The maximum atomic E-state index is 2.20. The van der Waals surface area contributed by atoms with Crippen molar-refractivity contribution in [3.05, 3.63) is 0 Å². The third kappa shape index (κ3) is 2.11. The van der Waals surface area contributed by atoms with Crippen molar-refractivity contribution >= 4 is 35.3 Å². The molecular formula is C5H10S3. The molecular weight excluding hydrogens is 156 g/mol. The average molecular weight is 166 g/mol. The van der Waals surface area contributed by atoms with Gasteiger partial charge in [-0.15, -0.1) is 11.8 Å². The summed E-state index contributed by atoms with van der Waals surface area (Å²) in [4.78, 5) is 0. The zero-order chi connectivity index (χ0) is 5.82. The third-order valence-corrected chi connectivity index (χ3v) is 5.45. The van der Waals surface area contributed by atoms with E-state index < -0.39 is 0 Å². The molecule has 0 aromatic carbocycles. The molecule has 0 aromatic rings. The molecule has 0 radical (unpaired) electrons. The highest BCUT2D eigenvalue weighted by atomic mass is 32.2. The quantitative estimate of drug-likeness (QED) is 0.586. The Hall–Kier alpha value is 1.05. The van der Waals surface area contributed by atoms with Gasteiger partial charge in [0.25, 0.3) is 0 Å². The van der Waals surface area contributed by atoms with Crippen LogP contribution in [0.4, 0.5) is 0 Å². The summed E-state index contributed by atoms with van der Waals surface area (Å²) in [7, 11) is 0. The van der Waals surface area contributed by atoms with E-state index >= 15 is 0 Å². The minimum Gasteiger partial charge on any atom is -0.159 e. The minimum absolute atomic E-state index is 0.883. The summed E-state index contributed by atoms with van der Waals surface area (Å²) in [6.07, 6.45) is 2.20. The fourth-order valence-corrected chi connectivity index (χ4v) is 4.42. The largest absolute Gasteiger partial charge is 0.159 e. The Kier molecular flexibility index (Phi) is 3.55. The van der Waals surface area contributed by atoms with Crippen LogP contribution in [0.15, 0.2) is 0 Å². The molecule has 1 aliphatic rings. The average Bonchev–Trinajstić information content (AvgIpc) is 1.90. The lowest BCUT2D eigenvalue weighted by molar-refractivity contribution is 1.37. The first-order valence-corrected chi connectivity index (χ1v) is 6.15. The molecule has 8 heavy (non-hydrogen) atoms. The second kappa shape index (κ2) is 3.96. The molecule has 1 heterocycles. The normalized spacial score (nSPS) is 30.4. The molecule has 1 unspecified atom stereocenters. The van der Waals surface area contributed by atoms with Crippen LogP contribution in [0, 0.1) is 0 Å². The van der Waals surface area contributed by atoms with Crippen molar-refractivity contribution in [2.24, 2.45) is 0 Å². The van der Waals surface area contributed by atoms with Gasteiger partial charge >= 0.3 is 0 Å². The summed E-state index contributed by atoms with van der Waals surface area (Å²) in [5.41, 5.74) is 0. The molecule has 0 saturated carbocycles. The van der Waals surface area contributed by atoms with Crippen molar-refractivity contribution in [3.8, 4) is 0 Å². The molecule has 48 valence electrons. The topological polar surface area (TPSA) is 0 Å². The summed E-state index contributed by atoms with van der Waals surface area (Å²) < 4.78 is 0.883. The van der Waals surface area contributed by atoms with Crippen LogP contribution in [0.5, 0.6) is 0 Å². The Morgan fingerprint density at radius 2 is 2.38 bits per heavy atom. The molecule has 0 nitrogen and oxygen atoms in total. The van der Waals surface area contributed by atoms with E-state index in [0.29, 0.717) is 0 Å². The van der Waals surface area contributed by atoms with Gasteiger partial charge in [-0.1, -0.05) is 0 Å². The molecule has 1 aliphatic heterocycles. The predicted molar refractivity (Wildman–Crippen MR) is 47.1 cm³/mol. The second-order valence-corrected chi connectivity index (χ2v) is 5.41. The van der Waals surface area contributed by atoms with E-state index in [2.05, 4.69) is 29.8 Å². The molecule has 0 bridgehead atoms. The zero-order valence-electron chi connectivity index (χ0n) is 4.92. The SMILES string of the molecule is CSC1CSCCS1. The van der Waals surface area contributed by atoms with Gasteiger partial charge in [0.15, 0.2) is 0 Å². The fourth-order valence-electron chi connectivity index (χ4n) is 0.602. The summed E-state index contributed by atoms with van der Waals surface area (Å²) in [6, 6.07) is 0. The predicted octanol–water partition coefficient (Wildman–Crippen LogP) is 2.16. The lowest BCUT2D eigenvalue weighted by Crippen LogP contribution is -2.08. The first-order chi connectivity index (χ1) is 3.93. The van der Waals surface area contributed by atoms with Crippen LogP contribution in [0.3, 0.4) is 0 Å². The van der Waals surface area contributed by atoms with Gasteiger partial charge in [-0.05, 0) is 6.26 Å². The lowest BCUT2D eigenvalue weighted by atomic mass is 10.9. The highest BCUT2D eigenvalue weighted by Gasteiger charge is 2.11. The van der Waals surface area contributed by atoms with Gasteiger partial charge in [-0.3, -0.25) is 0 Å². The van der Waals surface area contributed by atoms with Gasteiger partial charge in [-0.25, -0.2) is 0 Å². The van der Waals surface area contributed by atoms with Gasteiger partial charge in [0, 0.05) is 17.3 Å². The van der Waals surface area contributed by atoms with Crippen LogP contribution < -0.4 is 0 Å². The molecule has 0 aromatic heterocycles. The van der Waals surface area contributed by atoms with Crippen LogP contribution >= 0.6 is 35.3 Å². The highest BCUT2D eigenvalue weighted by molar-refractivity contribution is 8.19. The van der Waals surface area contributed by atoms with E-state index in [0.717, 1.165) is 4.58 Å². The molecule has 0 aliphatic carbocycles. The summed E-state index contributed by atoms with van der Waals surface area (Å²) in [6.45, 7) is 0. The van der Waals surface area contributed by atoms with E-state index in [1.807, 2.05) is 11.8 Å². The van der Waals surface area contributed by atoms with Gasteiger partial charge in [0.05, 0.1) is 4.58 Å². The Morgan fingerprint density at radius 3 is 2.75 bits per heavy atom. The number of thioether (sulfide) groups is 3. The molecule has 0 spiro atoms. The number of rotatable bonds is 1. The molecule has 0 amide bonds. The Bertz CT molecular complexity index is 58.7. The molecule has 1 fully saturated rings. The zero-order valence-corrected chi connectivity index (χ0v) is 7.37. The molecule has 1 atom stereocenters. The Labute approximate surface area is 63.6 Å². The first-order valence-electron chi connectivity index (χ1n) is 2.65. The molecule has 1 saturated heterocycles. The summed E-state index contributed by atoms with van der Waals surface area (Å²) in [5.74, 6) is 4.07. The van der Waals surface area contributed by atoms with Crippen LogP contribution in [0.25, 0.3) is 0 Å². The van der Waals surface area contributed by atoms with Crippen molar-refractivity contribution in [1.29, 1.82) is 0 Å². The molecule has 1 rings (SSSR count). The highest BCUT2D eigenvalue weighted by Crippen LogP contribution is 2.30. The van der Waals surface area contributed by atoms with Crippen LogP contribution in [-0.4, -0.2) is 28.1 Å². The monoisotopic (exact) mass is 166 g/mol. The van der Waals surface area contributed by atoms with E-state index in [1.165, 1.54) is 17.3 Å². The smallest absolute Gasteiger partial charge is 0.0590 e. The third-order valence-electron chi connectivity index (χ3n) is 1.05. The summed E-state index contributed by atoms with van der Waals surface area (Å²) in [5, 5.41) is 0. The van der Waals surface area contributed by atoms with Crippen molar-refractivity contribution in [1.82, 2.24) is 0 Å². The lowest BCUT2D eigenvalue weighted by Gasteiger charge is -2.17. The van der Waals surface area contributed by atoms with Crippen molar-refractivity contribution in [2.75, 3.05) is 23.5 Å². The second-order valence-electron chi connectivity index (χ2n) is 1.61. The molecule has 0 N–H and O–H groups in total. The van der Waals surface area contributed by atoms with Gasteiger partial charge in [0.1, 0.15) is 0 Å². The first kappa shape index (κ1) is 7.16. The van der Waals surface area contributed by atoms with Gasteiger partial charge < -0.3 is 0 Å². The Morgan fingerprint density at radius 1 is 1.50 bits per heavy atom. The van der Waals surface area contributed by atoms with E-state index in [1.54, 1.807) is 0 Å². The molecule has 3 heteroatoms. The van der Waals surface area contributed by atoms with Crippen molar-refractivity contribution in [2.45, 2.75) is 4.58 Å². The van der Waals surface area contributed by atoms with Gasteiger partial charge in [-0.2, -0.15) is 23.5 Å². The maximum Gasteiger partial charge on any atom is 0.0590 e. The van der Waals surface area contributed by atoms with Crippen LogP contribution in [0.1, 0.15) is 0 Å².